The summed E-state index contributed by atoms with van der Waals surface area (Å²) < 4.78 is 1.02. The lowest BCUT2D eigenvalue weighted by Crippen LogP contribution is -2.05. The van der Waals surface area contributed by atoms with Gasteiger partial charge < -0.3 is 5.32 Å². The lowest BCUT2D eigenvalue weighted by atomic mass is 10.2. The van der Waals surface area contributed by atoms with Crippen molar-refractivity contribution in [2.45, 2.75) is 19.9 Å². The van der Waals surface area contributed by atoms with Crippen molar-refractivity contribution in [3.8, 4) is 0 Å². The molecule has 0 saturated heterocycles. The maximum Gasteiger partial charge on any atom is 0.0795 e. The molecule has 1 heterocycles. The van der Waals surface area contributed by atoms with E-state index in [1.165, 1.54) is 4.88 Å². The quantitative estimate of drug-likeness (QED) is 0.852. The summed E-state index contributed by atoms with van der Waals surface area (Å²) in [6.07, 6.45) is 1.88. The van der Waals surface area contributed by atoms with Gasteiger partial charge >= 0.3 is 0 Å². The Labute approximate surface area is 118 Å². The highest BCUT2D eigenvalue weighted by molar-refractivity contribution is 9.10. The molecule has 2 nitrogen and oxygen atoms in total. The molecule has 0 fully saturated rings. The summed E-state index contributed by atoms with van der Waals surface area (Å²) in [6.45, 7) is 4.09. The van der Waals surface area contributed by atoms with E-state index in [0.717, 1.165) is 20.7 Å². The largest absolute Gasteiger partial charge is 0.377 e. The van der Waals surface area contributed by atoms with Crippen LogP contribution in [-0.4, -0.2) is 4.98 Å². The van der Waals surface area contributed by atoms with Gasteiger partial charge in [-0.2, -0.15) is 0 Å². The van der Waals surface area contributed by atoms with Crippen LogP contribution in [0.4, 0.5) is 5.69 Å². The number of aromatic nitrogens is 1. The van der Waals surface area contributed by atoms with E-state index in [9.17, 15) is 0 Å². The smallest absolute Gasteiger partial charge is 0.0795 e. The molecule has 0 amide bonds. The minimum atomic E-state index is 0.220. The number of halogens is 2. The molecule has 2 rings (SSSR count). The fourth-order valence-corrected chi connectivity index (χ4v) is 2.86. The average Bonchev–Trinajstić information content (AvgIpc) is 2.79. The molecule has 90 valence electrons. The van der Waals surface area contributed by atoms with Crippen molar-refractivity contribution in [1.29, 1.82) is 0 Å². The molecular formula is C12H12BrClN2S. The van der Waals surface area contributed by atoms with Crippen LogP contribution in [0.3, 0.4) is 0 Å². The van der Waals surface area contributed by atoms with Crippen LogP contribution >= 0.6 is 38.9 Å². The summed E-state index contributed by atoms with van der Waals surface area (Å²) >= 11 is 11.3. The summed E-state index contributed by atoms with van der Waals surface area (Å²) in [4.78, 5) is 5.28. The van der Waals surface area contributed by atoms with Crippen LogP contribution in [0, 0.1) is 6.92 Å². The highest BCUT2D eigenvalue weighted by Crippen LogP contribution is 2.32. The average molecular weight is 332 g/mol. The number of aryl methyl sites for hydroxylation is 1. The first kappa shape index (κ1) is 12.9. The molecule has 17 heavy (non-hydrogen) atoms. The number of thiazole rings is 1. The van der Waals surface area contributed by atoms with Gasteiger partial charge in [0.25, 0.3) is 0 Å². The molecule has 0 saturated carbocycles. The van der Waals surface area contributed by atoms with Crippen LogP contribution in [-0.2, 0) is 0 Å². The summed E-state index contributed by atoms with van der Waals surface area (Å²) in [5, 5.41) is 4.19. The zero-order valence-corrected chi connectivity index (χ0v) is 12.7. The summed E-state index contributed by atoms with van der Waals surface area (Å²) in [7, 11) is 0. The van der Waals surface area contributed by atoms with Crippen LogP contribution in [0.25, 0.3) is 0 Å². The van der Waals surface area contributed by atoms with Crippen LogP contribution in [0.15, 0.2) is 28.3 Å². The Morgan fingerprint density at radius 1 is 1.47 bits per heavy atom. The third-order valence-electron chi connectivity index (χ3n) is 2.50. The third-order valence-corrected chi connectivity index (χ3v) is 4.52. The number of rotatable bonds is 3. The predicted octanol–water partition coefficient (Wildman–Crippen LogP) is 5.04. The topological polar surface area (TPSA) is 24.9 Å². The van der Waals surface area contributed by atoms with Crippen molar-refractivity contribution in [3.63, 3.8) is 0 Å². The Morgan fingerprint density at radius 2 is 2.24 bits per heavy atom. The van der Waals surface area contributed by atoms with Crippen molar-refractivity contribution in [2.24, 2.45) is 0 Å². The lowest BCUT2D eigenvalue weighted by Gasteiger charge is -2.15. The molecule has 1 unspecified atom stereocenters. The second-order valence-corrected chi connectivity index (χ2v) is 6.03. The summed E-state index contributed by atoms with van der Waals surface area (Å²) in [6, 6.07) is 4.18. The Kier molecular flexibility index (Phi) is 4.07. The molecule has 2 aromatic rings. The maximum atomic E-state index is 6.12. The van der Waals surface area contributed by atoms with Gasteiger partial charge in [-0.25, -0.2) is 0 Å². The fourth-order valence-electron chi connectivity index (χ4n) is 1.50. The number of nitrogens with one attached hydrogen (secondary N) is 1. The molecule has 0 bridgehead atoms. The van der Waals surface area contributed by atoms with E-state index in [1.54, 1.807) is 11.3 Å². The first-order valence-electron chi connectivity index (χ1n) is 5.18. The van der Waals surface area contributed by atoms with Gasteiger partial charge in [-0.1, -0.05) is 11.6 Å². The zero-order valence-electron chi connectivity index (χ0n) is 9.50. The minimum absolute atomic E-state index is 0.220. The molecule has 0 spiro atoms. The molecule has 1 N–H and O–H groups in total. The number of nitrogens with zero attached hydrogens (tertiary/aromatic N) is 1. The van der Waals surface area contributed by atoms with Crippen molar-refractivity contribution < 1.29 is 0 Å². The SMILES string of the molecule is Cc1cc(Br)c(NC(C)c2cncs2)cc1Cl. The lowest BCUT2D eigenvalue weighted by molar-refractivity contribution is 0.902. The van der Waals surface area contributed by atoms with Crippen molar-refractivity contribution in [2.75, 3.05) is 5.32 Å². The molecule has 1 atom stereocenters. The normalized spacial score (nSPS) is 12.5. The first-order chi connectivity index (χ1) is 8.08. The number of anilines is 1. The van der Waals surface area contributed by atoms with Gasteiger partial charge in [0.1, 0.15) is 0 Å². The van der Waals surface area contributed by atoms with E-state index < -0.39 is 0 Å². The van der Waals surface area contributed by atoms with Crippen molar-refractivity contribution >= 4 is 44.6 Å². The van der Waals surface area contributed by atoms with Gasteiger partial charge in [0, 0.05) is 20.6 Å². The maximum absolute atomic E-state index is 6.12. The Morgan fingerprint density at radius 3 is 2.88 bits per heavy atom. The first-order valence-corrected chi connectivity index (χ1v) is 7.23. The fraction of sp³-hybridized carbons (Fsp3) is 0.250. The molecular weight excluding hydrogens is 320 g/mol. The molecule has 5 heteroatoms. The van der Waals surface area contributed by atoms with Crippen molar-refractivity contribution in [1.82, 2.24) is 4.98 Å². The number of hydrogen-bond donors (Lipinski definition) is 1. The van der Waals surface area contributed by atoms with E-state index in [4.69, 9.17) is 11.6 Å². The van der Waals surface area contributed by atoms with Gasteiger partial charge in [0.2, 0.25) is 0 Å². The number of hydrogen-bond acceptors (Lipinski definition) is 3. The molecule has 0 aliphatic rings. The summed E-state index contributed by atoms with van der Waals surface area (Å²) in [5.41, 5.74) is 3.90. The second kappa shape index (κ2) is 5.38. The van der Waals surface area contributed by atoms with Crippen LogP contribution in [0.2, 0.25) is 5.02 Å². The zero-order chi connectivity index (χ0) is 12.4. The Bertz CT molecular complexity index is 513. The monoisotopic (exact) mass is 330 g/mol. The molecule has 0 aliphatic carbocycles. The van der Waals surface area contributed by atoms with Crippen LogP contribution in [0.1, 0.15) is 23.4 Å². The van der Waals surface area contributed by atoms with Gasteiger partial charge in [-0.05, 0) is 47.5 Å². The van der Waals surface area contributed by atoms with E-state index in [2.05, 4.69) is 33.2 Å². The van der Waals surface area contributed by atoms with Gasteiger partial charge in [-0.15, -0.1) is 11.3 Å². The van der Waals surface area contributed by atoms with Crippen molar-refractivity contribution in [3.05, 3.63) is 43.8 Å². The molecule has 1 aromatic carbocycles. The van der Waals surface area contributed by atoms with Gasteiger partial charge in [-0.3, -0.25) is 4.98 Å². The molecule has 1 aromatic heterocycles. The number of benzene rings is 1. The van der Waals surface area contributed by atoms with Gasteiger partial charge in [0.15, 0.2) is 0 Å². The van der Waals surface area contributed by atoms with E-state index >= 15 is 0 Å². The standard InChI is InChI=1S/C12H12BrClN2S/c1-7-3-9(13)11(4-10(7)14)16-8(2)12-5-15-6-17-12/h3-6,8,16H,1-2H3. The van der Waals surface area contributed by atoms with Crippen LogP contribution < -0.4 is 5.32 Å². The van der Waals surface area contributed by atoms with E-state index in [0.29, 0.717) is 0 Å². The molecule has 0 aliphatic heterocycles. The van der Waals surface area contributed by atoms with E-state index in [-0.39, 0.29) is 6.04 Å². The predicted molar refractivity (Wildman–Crippen MR) is 78.0 cm³/mol. The van der Waals surface area contributed by atoms with Gasteiger partial charge in [0.05, 0.1) is 17.2 Å². The molecule has 0 radical (unpaired) electrons. The summed E-state index contributed by atoms with van der Waals surface area (Å²) in [5.74, 6) is 0. The Balaban J connectivity index is 2.22. The minimum Gasteiger partial charge on any atom is -0.377 e. The van der Waals surface area contributed by atoms with E-state index in [1.807, 2.05) is 30.8 Å². The highest BCUT2D eigenvalue weighted by atomic mass is 79.9. The Hall–Kier alpha value is -0.580. The highest BCUT2D eigenvalue weighted by Gasteiger charge is 2.10. The second-order valence-electron chi connectivity index (χ2n) is 3.85. The van der Waals surface area contributed by atoms with Crippen LogP contribution in [0.5, 0.6) is 0 Å². The third kappa shape index (κ3) is 3.00.